The minimum Gasteiger partial charge on any atom is -0.381 e. The van der Waals surface area contributed by atoms with Crippen LogP contribution >= 0.6 is 15.9 Å². The molecule has 0 heterocycles. The van der Waals surface area contributed by atoms with Crippen molar-refractivity contribution >= 4 is 21.6 Å². The first kappa shape index (κ1) is 11.9. The normalized spacial score (nSPS) is 18.1. The van der Waals surface area contributed by atoms with Gasteiger partial charge in [0.2, 0.25) is 0 Å². The summed E-state index contributed by atoms with van der Waals surface area (Å²) >= 11 is 3.45. The molecule has 0 spiro atoms. The van der Waals surface area contributed by atoms with E-state index in [1.165, 1.54) is 44.6 Å². The molecule has 0 bridgehead atoms. The van der Waals surface area contributed by atoms with E-state index in [2.05, 4.69) is 21.2 Å². The summed E-state index contributed by atoms with van der Waals surface area (Å²) in [6, 6.07) is 5.30. The van der Waals surface area contributed by atoms with Gasteiger partial charge in [0.05, 0.1) is 5.69 Å². The first-order valence-electron chi connectivity index (χ1n) is 5.97. The maximum Gasteiger partial charge on any atom is 0.125 e. The van der Waals surface area contributed by atoms with E-state index in [1.54, 1.807) is 12.1 Å². The number of rotatable bonds is 2. The zero-order chi connectivity index (χ0) is 11.4. The smallest absolute Gasteiger partial charge is 0.125 e. The zero-order valence-corrected chi connectivity index (χ0v) is 10.9. The van der Waals surface area contributed by atoms with Crippen molar-refractivity contribution in [2.24, 2.45) is 0 Å². The van der Waals surface area contributed by atoms with Crippen LogP contribution in [0, 0.1) is 5.82 Å². The molecule has 1 nitrogen and oxygen atoms in total. The van der Waals surface area contributed by atoms with Crippen LogP contribution in [0.25, 0.3) is 0 Å². The lowest BCUT2D eigenvalue weighted by Gasteiger charge is -2.18. The van der Waals surface area contributed by atoms with Gasteiger partial charge < -0.3 is 5.32 Å². The van der Waals surface area contributed by atoms with Gasteiger partial charge in [-0.25, -0.2) is 4.39 Å². The van der Waals surface area contributed by atoms with Crippen LogP contribution in [0.5, 0.6) is 0 Å². The fourth-order valence-corrected chi connectivity index (χ4v) is 2.61. The average molecular weight is 286 g/mol. The summed E-state index contributed by atoms with van der Waals surface area (Å²) in [4.78, 5) is 0. The molecule has 1 N–H and O–H groups in total. The number of halogens is 2. The number of benzene rings is 1. The zero-order valence-electron chi connectivity index (χ0n) is 9.31. The molecule has 0 amide bonds. The predicted octanol–water partition coefficient (Wildman–Crippen LogP) is 4.72. The molecule has 0 saturated heterocycles. The number of anilines is 1. The lowest BCUT2D eigenvalue weighted by atomic mass is 10.1. The van der Waals surface area contributed by atoms with E-state index in [1.807, 2.05) is 0 Å². The molecule has 1 fully saturated rings. The Morgan fingerprint density at radius 2 is 1.81 bits per heavy atom. The summed E-state index contributed by atoms with van der Waals surface area (Å²) in [5.74, 6) is -0.181. The Morgan fingerprint density at radius 3 is 2.50 bits per heavy atom. The van der Waals surface area contributed by atoms with Crippen molar-refractivity contribution in [2.45, 2.75) is 44.6 Å². The SMILES string of the molecule is Fc1ccc(Br)c(NC2CCCCCC2)c1. The van der Waals surface area contributed by atoms with E-state index in [0.29, 0.717) is 6.04 Å². The Morgan fingerprint density at radius 1 is 1.12 bits per heavy atom. The van der Waals surface area contributed by atoms with Crippen molar-refractivity contribution in [2.75, 3.05) is 5.32 Å². The van der Waals surface area contributed by atoms with Gasteiger partial charge in [-0.1, -0.05) is 25.7 Å². The molecule has 0 atom stereocenters. The van der Waals surface area contributed by atoms with Gasteiger partial charge in [-0.15, -0.1) is 0 Å². The second-order valence-corrected chi connectivity index (χ2v) is 5.31. The van der Waals surface area contributed by atoms with E-state index < -0.39 is 0 Å². The second kappa shape index (κ2) is 5.67. The van der Waals surface area contributed by atoms with E-state index in [-0.39, 0.29) is 5.82 Å². The van der Waals surface area contributed by atoms with E-state index in [0.717, 1.165) is 10.2 Å². The summed E-state index contributed by atoms with van der Waals surface area (Å²) in [6.45, 7) is 0. The van der Waals surface area contributed by atoms with E-state index in [9.17, 15) is 4.39 Å². The molecule has 1 aromatic carbocycles. The van der Waals surface area contributed by atoms with Crippen LogP contribution < -0.4 is 5.32 Å². The summed E-state index contributed by atoms with van der Waals surface area (Å²) < 4.78 is 14.1. The van der Waals surface area contributed by atoms with Crippen molar-refractivity contribution in [1.29, 1.82) is 0 Å². The number of hydrogen-bond acceptors (Lipinski definition) is 1. The highest BCUT2D eigenvalue weighted by Gasteiger charge is 2.13. The molecule has 0 aromatic heterocycles. The molecule has 3 heteroatoms. The fourth-order valence-electron chi connectivity index (χ4n) is 2.25. The fraction of sp³-hybridized carbons (Fsp3) is 0.538. The Kier molecular flexibility index (Phi) is 4.22. The van der Waals surface area contributed by atoms with Gasteiger partial charge in [0.15, 0.2) is 0 Å². The van der Waals surface area contributed by atoms with Gasteiger partial charge >= 0.3 is 0 Å². The molecule has 1 aliphatic carbocycles. The second-order valence-electron chi connectivity index (χ2n) is 4.46. The Hall–Kier alpha value is -0.570. The van der Waals surface area contributed by atoms with Gasteiger partial charge in [-0.05, 0) is 47.0 Å². The molecule has 1 aliphatic rings. The predicted molar refractivity (Wildman–Crippen MR) is 69.2 cm³/mol. The lowest BCUT2D eigenvalue weighted by molar-refractivity contribution is 0.612. The van der Waals surface area contributed by atoms with E-state index >= 15 is 0 Å². The third-order valence-electron chi connectivity index (χ3n) is 3.14. The van der Waals surface area contributed by atoms with Crippen LogP contribution in [0.15, 0.2) is 22.7 Å². The third kappa shape index (κ3) is 3.21. The van der Waals surface area contributed by atoms with Crippen molar-refractivity contribution in [1.82, 2.24) is 0 Å². The van der Waals surface area contributed by atoms with Gasteiger partial charge in [-0.3, -0.25) is 0 Å². The molecule has 0 aliphatic heterocycles. The monoisotopic (exact) mass is 285 g/mol. The van der Waals surface area contributed by atoms with Crippen LogP contribution in [0.4, 0.5) is 10.1 Å². The van der Waals surface area contributed by atoms with Gasteiger partial charge in [0.25, 0.3) is 0 Å². The maximum atomic E-state index is 13.1. The third-order valence-corrected chi connectivity index (χ3v) is 3.83. The molecule has 1 saturated carbocycles. The van der Waals surface area contributed by atoms with Gasteiger partial charge in [-0.2, -0.15) is 0 Å². The Bertz CT molecular complexity index is 346. The first-order chi connectivity index (χ1) is 7.75. The summed E-state index contributed by atoms with van der Waals surface area (Å²) in [7, 11) is 0. The lowest BCUT2D eigenvalue weighted by Crippen LogP contribution is -2.18. The average Bonchev–Trinajstić information content (AvgIpc) is 2.52. The molecule has 1 aromatic rings. The van der Waals surface area contributed by atoms with Crippen LogP contribution in [0.1, 0.15) is 38.5 Å². The van der Waals surface area contributed by atoms with Crippen molar-refractivity contribution < 1.29 is 4.39 Å². The molecule has 16 heavy (non-hydrogen) atoms. The Balaban J connectivity index is 2.04. The molecule has 88 valence electrons. The minimum absolute atomic E-state index is 0.181. The summed E-state index contributed by atoms with van der Waals surface area (Å²) in [5.41, 5.74) is 0.881. The molecule has 0 unspecified atom stereocenters. The Labute approximate surface area is 105 Å². The minimum atomic E-state index is -0.181. The highest BCUT2D eigenvalue weighted by Crippen LogP contribution is 2.27. The maximum absolute atomic E-state index is 13.1. The molecule has 0 radical (unpaired) electrons. The molecule has 2 rings (SSSR count). The van der Waals surface area contributed by atoms with Gasteiger partial charge in [0, 0.05) is 10.5 Å². The van der Waals surface area contributed by atoms with Crippen LogP contribution in [0.3, 0.4) is 0 Å². The highest BCUT2D eigenvalue weighted by molar-refractivity contribution is 9.10. The number of nitrogens with one attached hydrogen (secondary N) is 1. The van der Waals surface area contributed by atoms with Crippen molar-refractivity contribution in [3.8, 4) is 0 Å². The standard InChI is InChI=1S/C13H17BrFN/c14-12-8-7-10(15)9-13(12)16-11-5-3-1-2-4-6-11/h7-9,11,16H,1-6H2. The summed E-state index contributed by atoms with van der Waals surface area (Å²) in [5, 5.41) is 3.44. The highest BCUT2D eigenvalue weighted by atomic mass is 79.9. The van der Waals surface area contributed by atoms with Crippen molar-refractivity contribution in [3.05, 3.63) is 28.5 Å². The van der Waals surface area contributed by atoms with Crippen LogP contribution in [0.2, 0.25) is 0 Å². The quantitative estimate of drug-likeness (QED) is 0.775. The van der Waals surface area contributed by atoms with Crippen molar-refractivity contribution in [3.63, 3.8) is 0 Å². The van der Waals surface area contributed by atoms with Crippen LogP contribution in [-0.2, 0) is 0 Å². The van der Waals surface area contributed by atoms with E-state index in [4.69, 9.17) is 0 Å². The van der Waals surface area contributed by atoms with Crippen LogP contribution in [-0.4, -0.2) is 6.04 Å². The first-order valence-corrected chi connectivity index (χ1v) is 6.76. The topological polar surface area (TPSA) is 12.0 Å². The largest absolute Gasteiger partial charge is 0.381 e. The number of hydrogen-bond donors (Lipinski definition) is 1. The molecular formula is C13H17BrFN. The summed E-state index contributed by atoms with van der Waals surface area (Å²) in [6.07, 6.45) is 7.63. The molecular weight excluding hydrogens is 269 g/mol. The van der Waals surface area contributed by atoms with Gasteiger partial charge in [0.1, 0.15) is 5.82 Å².